The molecule has 0 aliphatic rings. The van der Waals surface area contributed by atoms with Crippen LogP contribution in [0.15, 0.2) is 18.5 Å². The molecule has 0 saturated heterocycles. The summed E-state index contributed by atoms with van der Waals surface area (Å²) in [4.78, 5) is 4.15. The van der Waals surface area contributed by atoms with Crippen molar-refractivity contribution in [1.82, 2.24) is 4.98 Å². The summed E-state index contributed by atoms with van der Waals surface area (Å²) >= 11 is 0. The van der Waals surface area contributed by atoms with Crippen molar-refractivity contribution in [3.8, 4) is 5.75 Å². The summed E-state index contributed by atoms with van der Waals surface area (Å²) in [7, 11) is 0. The van der Waals surface area contributed by atoms with Crippen molar-refractivity contribution in [2.24, 2.45) is 11.7 Å². The molecule has 0 aliphatic heterocycles. The molecular formula is C13H22N2O. The summed E-state index contributed by atoms with van der Waals surface area (Å²) in [6.07, 6.45) is 5.69. The van der Waals surface area contributed by atoms with E-state index in [9.17, 15) is 0 Å². The number of ether oxygens (including phenoxy) is 1. The largest absolute Gasteiger partial charge is 0.492 e. The normalized spacial score (nSPS) is 12.8. The number of aromatic nitrogens is 1. The van der Waals surface area contributed by atoms with Gasteiger partial charge in [-0.2, -0.15) is 0 Å². The fourth-order valence-electron chi connectivity index (χ4n) is 1.56. The van der Waals surface area contributed by atoms with E-state index in [1.807, 2.05) is 19.2 Å². The Hall–Kier alpha value is -1.09. The van der Waals surface area contributed by atoms with Crippen molar-refractivity contribution < 1.29 is 4.74 Å². The third-order valence-corrected chi connectivity index (χ3v) is 2.53. The van der Waals surface area contributed by atoms with Crippen LogP contribution in [0.2, 0.25) is 0 Å². The summed E-state index contributed by atoms with van der Waals surface area (Å²) < 4.78 is 5.40. The van der Waals surface area contributed by atoms with E-state index in [4.69, 9.17) is 10.5 Å². The summed E-state index contributed by atoms with van der Waals surface area (Å²) in [5.74, 6) is 1.49. The predicted octanol–water partition coefficient (Wildman–Crippen LogP) is 2.92. The molecule has 1 rings (SSSR count). The van der Waals surface area contributed by atoms with Gasteiger partial charge in [-0.25, -0.2) is 0 Å². The minimum absolute atomic E-state index is 0.0651. The summed E-state index contributed by atoms with van der Waals surface area (Å²) in [5.41, 5.74) is 7.17. The van der Waals surface area contributed by atoms with Gasteiger partial charge in [0, 0.05) is 12.2 Å². The minimum atomic E-state index is 0.0651. The highest BCUT2D eigenvalue weighted by atomic mass is 16.5. The van der Waals surface area contributed by atoms with E-state index >= 15 is 0 Å². The lowest BCUT2D eigenvalue weighted by atomic mass is 9.99. The Morgan fingerprint density at radius 1 is 1.31 bits per heavy atom. The molecule has 1 unspecified atom stereocenters. The first-order chi connectivity index (χ1) is 7.63. The molecule has 0 aliphatic carbocycles. The van der Waals surface area contributed by atoms with E-state index in [0.29, 0.717) is 12.5 Å². The van der Waals surface area contributed by atoms with Crippen LogP contribution in [0, 0.1) is 5.92 Å². The second-order valence-corrected chi connectivity index (χ2v) is 4.46. The zero-order chi connectivity index (χ0) is 12.0. The van der Waals surface area contributed by atoms with Gasteiger partial charge in [-0.15, -0.1) is 0 Å². The molecule has 0 amide bonds. The van der Waals surface area contributed by atoms with E-state index in [1.54, 1.807) is 6.20 Å². The van der Waals surface area contributed by atoms with Gasteiger partial charge < -0.3 is 10.5 Å². The van der Waals surface area contributed by atoms with Crippen molar-refractivity contribution in [2.45, 2.75) is 39.7 Å². The van der Waals surface area contributed by atoms with Crippen LogP contribution in [0.1, 0.15) is 45.2 Å². The molecule has 2 N–H and O–H groups in total. The van der Waals surface area contributed by atoms with E-state index in [0.717, 1.165) is 24.2 Å². The molecule has 16 heavy (non-hydrogen) atoms. The zero-order valence-electron chi connectivity index (χ0n) is 10.4. The van der Waals surface area contributed by atoms with Gasteiger partial charge in [-0.1, -0.05) is 13.8 Å². The van der Waals surface area contributed by atoms with Crippen LogP contribution in [0.3, 0.4) is 0 Å². The fraction of sp³-hybridized carbons (Fsp3) is 0.615. The van der Waals surface area contributed by atoms with Gasteiger partial charge in [0.15, 0.2) is 0 Å². The molecule has 1 atom stereocenters. The van der Waals surface area contributed by atoms with Gasteiger partial charge in [-0.05, 0) is 37.3 Å². The molecule has 90 valence electrons. The Morgan fingerprint density at radius 2 is 2.06 bits per heavy atom. The quantitative estimate of drug-likeness (QED) is 0.805. The van der Waals surface area contributed by atoms with Gasteiger partial charge in [-0.3, -0.25) is 4.98 Å². The first-order valence-electron chi connectivity index (χ1n) is 5.96. The molecule has 0 radical (unpaired) electrons. The molecule has 3 nitrogen and oxygen atoms in total. The van der Waals surface area contributed by atoms with E-state index < -0.39 is 0 Å². The Labute approximate surface area is 98.0 Å². The van der Waals surface area contributed by atoms with E-state index in [2.05, 4.69) is 18.8 Å². The highest BCUT2D eigenvalue weighted by Gasteiger charge is 2.08. The number of hydrogen-bond acceptors (Lipinski definition) is 3. The molecule has 1 heterocycles. The van der Waals surface area contributed by atoms with Crippen molar-refractivity contribution in [1.29, 1.82) is 0 Å². The topological polar surface area (TPSA) is 48.1 Å². The number of rotatable bonds is 6. The SMILES string of the molecule is CCOc1cncc(C(N)CCC(C)C)c1. The monoisotopic (exact) mass is 222 g/mol. The Balaban J connectivity index is 2.60. The van der Waals surface area contributed by atoms with E-state index in [-0.39, 0.29) is 6.04 Å². The first-order valence-corrected chi connectivity index (χ1v) is 5.96. The van der Waals surface area contributed by atoms with Gasteiger partial charge in [0.1, 0.15) is 5.75 Å². The summed E-state index contributed by atoms with van der Waals surface area (Å²) in [6.45, 7) is 7.04. The Bertz CT molecular complexity index is 313. The van der Waals surface area contributed by atoms with Gasteiger partial charge in [0.05, 0.1) is 12.8 Å². The van der Waals surface area contributed by atoms with Crippen LogP contribution in [0.5, 0.6) is 5.75 Å². The first kappa shape index (κ1) is 13.0. The van der Waals surface area contributed by atoms with Crippen molar-refractivity contribution in [3.05, 3.63) is 24.0 Å². The van der Waals surface area contributed by atoms with Gasteiger partial charge in [0.2, 0.25) is 0 Å². The molecule has 1 aromatic rings. The third kappa shape index (κ3) is 4.19. The van der Waals surface area contributed by atoms with Gasteiger partial charge in [0.25, 0.3) is 0 Å². The van der Waals surface area contributed by atoms with Crippen molar-refractivity contribution in [2.75, 3.05) is 6.61 Å². The van der Waals surface area contributed by atoms with E-state index in [1.165, 1.54) is 0 Å². The van der Waals surface area contributed by atoms with Crippen LogP contribution in [0.25, 0.3) is 0 Å². The average molecular weight is 222 g/mol. The highest BCUT2D eigenvalue weighted by molar-refractivity contribution is 5.25. The standard InChI is InChI=1S/C13H22N2O/c1-4-16-12-7-11(8-15-9-12)13(14)6-5-10(2)3/h7-10,13H,4-6,14H2,1-3H3. The zero-order valence-corrected chi connectivity index (χ0v) is 10.4. The minimum Gasteiger partial charge on any atom is -0.492 e. The Kier molecular flexibility index (Phi) is 5.26. The number of nitrogens with zero attached hydrogens (tertiary/aromatic N) is 1. The molecule has 1 aromatic heterocycles. The van der Waals surface area contributed by atoms with Gasteiger partial charge >= 0.3 is 0 Å². The van der Waals surface area contributed by atoms with Crippen molar-refractivity contribution >= 4 is 0 Å². The average Bonchev–Trinajstić information content (AvgIpc) is 2.26. The molecular weight excluding hydrogens is 200 g/mol. The maximum absolute atomic E-state index is 6.11. The number of pyridine rings is 1. The second-order valence-electron chi connectivity index (χ2n) is 4.46. The number of nitrogens with two attached hydrogens (primary N) is 1. The summed E-state index contributed by atoms with van der Waals surface area (Å²) in [5, 5.41) is 0. The molecule has 0 spiro atoms. The van der Waals surface area contributed by atoms with Crippen LogP contribution in [0.4, 0.5) is 0 Å². The van der Waals surface area contributed by atoms with Crippen LogP contribution < -0.4 is 10.5 Å². The third-order valence-electron chi connectivity index (χ3n) is 2.53. The molecule has 0 fully saturated rings. The highest BCUT2D eigenvalue weighted by Crippen LogP contribution is 2.21. The van der Waals surface area contributed by atoms with Crippen LogP contribution in [-0.4, -0.2) is 11.6 Å². The fourth-order valence-corrected chi connectivity index (χ4v) is 1.56. The van der Waals surface area contributed by atoms with Crippen molar-refractivity contribution in [3.63, 3.8) is 0 Å². The smallest absolute Gasteiger partial charge is 0.137 e. The number of hydrogen-bond donors (Lipinski definition) is 1. The lowest BCUT2D eigenvalue weighted by molar-refractivity contribution is 0.338. The molecule has 0 bridgehead atoms. The van der Waals surface area contributed by atoms with Crippen LogP contribution >= 0.6 is 0 Å². The maximum atomic E-state index is 6.11. The second kappa shape index (κ2) is 6.48. The Morgan fingerprint density at radius 3 is 2.69 bits per heavy atom. The lowest BCUT2D eigenvalue weighted by Crippen LogP contribution is -2.11. The lowest BCUT2D eigenvalue weighted by Gasteiger charge is -2.14. The van der Waals surface area contributed by atoms with Crippen LogP contribution in [-0.2, 0) is 0 Å². The molecule has 0 saturated carbocycles. The summed E-state index contributed by atoms with van der Waals surface area (Å²) in [6, 6.07) is 2.05. The molecule has 3 heteroatoms. The molecule has 0 aromatic carbocycles. The predicted molar refractivity (Wildman–Crippen MR) is 66.4 cm³/mol. The maximum Gasteiger partial charge on any atom is 0.137 e.